The zero-order chi connectivity index (χ0) is 14.3. The maximum Gasteiger partial charge on any atom is 0.407 e. The van der Waals surface area contributed by atoms with Crippen LogP contribution in [-0.2, 0) is 14.3 Å². The molecule has 1 fully saturated rings. The van der Waals surface area contributed by atoms with E-state index in [-0.39, 0.29) is 25.2 Å². The lowest BCUT2D eigenvalue weighted by Gasteiger charge is -2.17. The predicted octanol–water partition coefficient (Wildman–Crippen LogP) is -0.311. The number of alkyl carbamates (subject to hydrolysis) is 1. The van der Waals surface area contributed by atoms with E-state index in [0.717, 1.165) is 0 Å². The van der Waals surface area contributed by atoms with Crippen molar-refractivity contribution < 1.29 is 23.9 Å². The van der Waals surface area contributed by atoms with Gasteiger partial charge in [0.15, 0.2) is 0 Å². The smallest absolute Gasteiger partial charge is 0.407 e. The molecule has 2 N–H and O–H groups in total. The Balaban J connectivity index is 2.28. The predicted molar refractivity (Wildman–Crippen MR) is 65.6 cm³/mol. The number of rotatable bonds is 4. The zero-order valence-corrected chi connectivity index (χ0v) is 11.1. The maximum atomic E-state index is 11.7. The molecule has 0 saturated carbocycles. The molecule has 1 atom stereocenters. The van der Waals surface area contributed by atoms with Gasteiger partial charge < -0.3 is 25.0 Å². The third-order valence-corrected chi connectivity index (χ3v) is 2.67. The highest BCUT2D eigenvalue weighted by Crippen LogP contribution is 2.09. The molecule has 108 valence electrons. The van der Waals surface area contributed by atoms with Crippen molar-refractivity contribution in [3.63, 3.8) is 0 Å². The van der Waals surface area contributed by atoms with Crippen molar-refractivity contribution in [1.82, 2.24) is 15.5 Å². The van der Waals surface area contributed by atoms with E-state index in [0.29, 0.717) is 19.5 Å². The van der Waals surface area contributed by atoms with Crippen molar-refractivity contribution in [3.8, 4) is 0 Å². The van der Waals surface area contributed by atoms with E-state index in [1.54, 1.807) is 6.92 Å². The average Bonchev–Trinajstić information content (AvgIpc) is 2.84. The number of hydrogen-bond acceptors (Lipinski definition) is 5. The Hall–Kier alpha value is -1.99. The minimum atomic E-state index is -0.515. The van der Waals surface area contributed by atoms with Crippen LogP contribution in [0.1, 0.15) is 13.3 Å². The Labute approximate surface area is 111 Å². The van der Waals surface area contributed by atoms with Crippen LogP contribution < -0.4 is 10.6 Å². The monoisotopic (exact) mass is 273 g/mol. The molecule has 8 heteroatoms. The number of amides is 3. The molecule has 0 aliphatic carbocycles. The summed E-state index contributed by atoms with van der Waals surface area (Å²) < 4.78 is 9.18. The summed E-state index contributed by atoms with van der Waals surface area (Å²) >= 11 is 0. The topological polar surface area (TPSA) is 97.0 Å². The first kappa shape index (κ1) is 15.1. The molecule has 0 aromatic rings. The van der Waals surface area contributed by atoms with Gasteiger partial charge in [0.05, 0.1) is 19.8 Å². The highest BCUT2D eigenvalue weighted by Gasteiger charge is 2.27. The quantitative estimate of drug-likeness (QED) is 0.685. The molecule has 1 aliphatic rings. The Kier molecular flexibility index (Phi) is 5.91. The van der Waals surface area contributed by atoms with E-state index in [9.17, 15) is 14.4 Å². The number of ether oxygens (including phenoxy) is 2. The fourth-order valence-electron chi connectivity index (χ4n) is 1.76. The normalized spacial score (nSPS) is 17.8. The van der Waals surface area contributed by atoms with Crippen molar-refractivity contribution >= 4 is 18.1 Å². The standard InChI is InChI=1S/C11H19N3O5/c1-3-19-9(15)6-12-10(16)14-5-4-8(7-14)13-11(17)18-2/h8H,3-7H2,1-2H3,(H,12,16)(H,13,17). The third kappa shape index (κ3) is 5.02. The second-order valence-electron chi connectivity index (χ2n) is 4.03. The van der Waals surface area contributed by atoms with Crippen molar-refractivity contribution in [2.75, 3.05) is 33.4 Å². The molecule has 1 heterocycles. The molecule has 0 aromatic heterocycles. The maximum absolute atomic E-state index is 11.7. The zero-order valence-electron chi connectivity index (χ0n) is 11.1. The van der Waals surface area contributed by atoms with Crippen LogP contribution in [-0.4, -0.2) is 62.4 Å². The Morgan fingerprint density at radius 3 is 2.74 bits per heavy atom. The lowest BCUT2D eigenvalue weighted by atomic mass is 10.3. The second kappa shape index (κ2) is 7.45. The van der Waals surface area contributed by atoms with E-state index < -0.39 is 12.1 Å². The van der Waals surface area contributed by atoms with Gasteiger partial charge in [-0.05, 0) is 13.3 Å². The van der Waals surface area contributed by atoms with Gasteiger partial charge >= 0.3 is 18.1 Å². The minimum absolute atomic E-state index is 0.124. The number of likely N-dealkylation sites (tertiary alicyclic amines) is 1. The van der Waals surface area contributed by atoms with Gasteiger partial charge in [0.2, 0.25) is 0 Å². The molecule has 8 nitrogen and oxygen atoms in total. The summed E-state index contributed by atoms with van der Waals surface area (Å²) in [7, 11) is 1.29. The summed E-state index contributed by atoms with van der Waals surface area (Å²) in [5.41, 5.74) is 0. The van der Waals surface area contributed by atoms with E-state index in [2.05, 4.69) is 15.4 Å². The van der Waals surface area contributed by atoms with Crippen molar-refractivity contribution in [3.05, 3.63) is 0 Å². The number of nitrogens with one attached hydrogen (secondary N) is 2. The van der Waals surface area contributed by atoms with E-state index in [1.165, 1.54) is 12.0 Å². The summed E-state index contributed by atoms with van der Waals surface area (Å²) in [6, 6.07) is -0.469. The number of hydrogen-bond donors (Lipinski definition) is 2. The van der Waals surface area contributed by atoms with Crippen LogP contribution in [0.25, 0.3) is 0 Å². The number of esters is 1. The fourth-order valence-corrected chi connectivity index (χ4v) is 1.76. The molecule has 0 aromatic carbocycles. The van der Waals surface area contributed by atoms with Crippen molar-refractivity contribution in [2.45, 2.75) is 19.4 Å². The van der Waals surface area contributed by atoms with Crippen LogP contribution in [0.5, 0.6) is 0 Å². The fraction of sp³-hybridized carbons (Fsp3) is 0.727. The molecule has 3 amide bonds. The van der Waals surface area contributed by atoms with E-state index >= 15 is 0 Å². The van der Waals surface area contributed by atoms with Gasteiger partial charge in [0.1, 0.15) is 6.54 Å². The number of urea groups is 1. The van der Waals surface area contributed by atoms with Crippen LogP contribution >= 0.6 is 0 Å². The largest absolute Gasteiger partial charge is 0.465 e. The SMILES string of the molecule is CCOC(=O)CNC(=O)N1CCC(NC(=O)OC)C1. The highest BCUT2D eigenvalue weighted by atomic mass is 16.5. The lowest BCUT2D eigenvalue weighted by molar-refractivity contribution is -0.141. The molecule has 0 spiro atoms. The summed E-state index contributed by atoms with van der Waals surface area (Å²) in [6.45, 7) is 2.73. The first-order valence-electron chi connectivity index (χ1n) is 6.09. The average molecular weight is 273 g/mol. The molecule has 19 heavy (non-hydrogen) atoms. The van der Waals surface area contributed by atoms with Gasteiger partial charge in [-0.25, -0.2) is 9.59 Å². The molecule has 1 rings (SSSR count). The summed E-state index contributed by atoms with van der Waals surface area (Å²) in [6.07, 6.45) is 0.140. The molecule has 1 unspecified atom stereocenters. The first-order chi connectivity index (χ1) is 9.06. The molecule has 0 radical (unpaired) electrons. The molecular weight excluding hydrogens is 254 g/mol. The summed E-state index contributed by atoms with van der Waals surface area (Å²) in [5.74, 6) is -0.473. The van der Waals surface area contributed by atoms with Gasteiger partial charge in [-0.3, -0.25) is 4.79 Å². The minimum Gasteiger partial charge on any atom is -0.465 e. The Morgan fingerprint density at radius 2 is 2.11 bits per heavy atom. The number of methoxy groups -OCH3 is 1. The summed E-state index contributed by atoms with van der Waals surface area (Å²) in [5, 5.41) is 5.09. The van der Waals surface area contributed by atoms with Crippen LogP contribution in [0.4, 0.5) is 9.59 Å². The number of carbonyl (C=O) groups is 3. The number of carbonyl (C=O) groups excluding carboxylic acids is 3. The van der Waals surface area contributed by atoms with Gasteiger partial charge in [0, 0.05) is 13.1 Å². The van der Waals surface area contributed by atoms with Gasteiger partial charge in [-0.1, -0.05) is 0 Å². The lowest BCUT2D eigenvalue weighted by Crippen LogP contribution is -2.43. The van der Waals surface area contributed by atoms with Crippen molar-refractivity contribution in [2.24, 2.45) is 0 Å². The van der Waals surface area contributed by atoms with Gasteiger partial charge in [-0.2, -0.15) is 0 Å². The number of nitrogens with zero attached hydrogens (tertiary/aromatic N) is 1. The van der Waals surface area contributed by atoms with Crippen LogP contribution in [0, 0.1) is 0 Å². The Morgan fingerprint density at radius 1 is 1.37 bits per heavy atom. The van der Waals surface area contributed by atoms with Gasteiger partial charge in [-0.15, -0.1) is 0 Å². The summed E-state index contributed by atoms with van der Waals surface area (Å²) in [4.78, 5) is 35.3. The second-order valence-corrected chi connectivity index (χ2v) is 4.03. The van der Waals surface area contributed by atoms with Crippen LogP contribution in [0.15, 0.2) is 0 Å². The van der Waals surface area contributed by atoms with Crippen LogP contribution in [0.2, 0.25) is 0 Å². The Bertz CT molecular complexity index is 347. The molecule has 1 saturated heterocycles. The van der Waals surface area contributed by atoms with Gasteiger partial charge in [0.25, 0.3) is 0 Å². The highest BCUT2D eigenvalue weighted by molar-refractivity contribution is 5.81. The third-order valence-electron chi connectivity index (χ3n) is 2.67. The van der Waals surface area contributed by atoms with E-state index in [1.807, 2.05) is 0 Å². The van der Waals surface area contributed by atoms with Crippen LogP contribution in [0.3, 0.4) is 0 Å². The molecular formula is C11H19N3O5. The molecule has 0 bridgehead atoms. The molecule has 1 aliphatic heterocycles. The van der Waals surface area contributed by atoms with Crippen molar-refractivity contribution in [1.29, 1.82) is 0 Å². The van der Waals surface area contributed by atoms with E-state index in [4.69, 9.17) is 4.74 Å². The first-order valence-corrected chi connectivity index (χ1v) is 6.09.